The second kappa shape index (κ2) is 5.90. The summed E-state index contributed by atoms with van der Waals surface area (Å²) in [6.45, 7) is 7.16. The number of piperazine rings is 1. The van der Waals surface area contributed by atoms with E-state index < -0.39 is 0 Å². The first-order chi connectivity index (χ1) is 9.03. The van der Waals surface area contributed by atoms with Gasteiger partial charge in [-0.1, -0.05) is 12.1 Å². The van der Waals surface area contributed by atoms with Gasteiger partial charge in [-0.05, 0) is 38.1 Å². The van der Waals surface area contributed by atoms with Crippen molar-refractivity contribution in [3.63, 3.8) is 0 Å². The first-order valence-electron chi connectivity index (χ1n) is 6.95. The van der Waals surface area contributed by atoms with Gasteiger partial charge in [0.1, 0.15) is 5.75 Å². The van der Waals surface area contributed by atoms with E-state index in [0.717, 1.165) is 38.2 Å². The molecule has 19 heavy (non-hydrogen) atoms. The average molecular weight is 263 g/mol. The largest absolute Gasteiger partial charge is 0.508 e. The molecule has 0 saturated carbocycles. The van der Waals surface area contributed by atoms with Crippen molar-refractivity contribution in [1.82, 2.24) is 9.80 Å². The molecule has 1 saturated heterocycles. The molecule has 0 amide bonds. The Hall–Kier alpha value is -1.10. The molecule has 4 nitrogen and oxygen atoms in total. The van der Waals surface area contributed by atoms with E-state index in [1.54, 1.807) is 6.07 Å². The van der Waals surface area contributed by atoms with Crippen LogP contribution in [0.4, 0.5) is 0 Å². The molecule has 0 spiro atoms. The van der Waals surface area contributed by atoms with Crippen LogP contribution >= 0.6 is 0 Å². The molecule has 1 aromatic carbocycles. The molecule has 1 unspecified atom stereocenters. The first kappa shape index (κ1) is 14.3. The highest BCUT2D eigenvalue weighted by Crippen LogP contribution is 2.23. The van der Waals surface area contributed by atoms with Crippen molar-refractivity contribution < 1.29 is 5.11 Å². The maximum absolute atomic E-state index is 9.58. The van der Waals surface area contributed by atoms with Gasteiger partial charge in [-0.2, -0.15) is 0 Å². The number of benzene rings is 1. The van der Waals surface area contributed by atoms with Crippen LogP contribution in [0.2, 0.25) is 0 Å². The Morgan fingerprint density at radius 2 is 1.95 bits per heavy atom. The van der Waals surface area contributed by atoms with Crippen LogP contribution in [0.3, 0.4) is 0 Å². The lowest BCUT2D eigenvalue weighted by atomic mass is 9.90. The highest BCUT2D eigenvalue weighted by molar-refractivity contribution is 5.28. The summed E-state index contributed by atoms with van der Waals surface area (Å²) in [7, 11) is 2.16. The van der Waals surface area contributed by atoms with Crippen molar-refractivity contribution in [2.24, 2.45) is 5.73 Å². The molecule has 1 aliphatic rings. The Labute approximate surface area is 115 Å². The SMILES string of the molecule is CN1CCN(C(C)(CN)Cc2cccc(O)c2)CC1. The van der Waals surface area contributed by atoms with Crippen molar-refractivity contribution in [2.45, 2.75) is 18.9 Å². The van der Waals surface area contributed by atoms with E-state index in [0.29, 0.717) is 12.3 Å². The van der Waals surface area contributed by atoms with Gasteiger partial charge in [0.15, 0.2) is 0 Å². The molecule has 1 aromatic rings. The molecular weight excluding hydrogens is 238 g/mol. The Bertz CT molecular complexity index is 416. The maximum Gasteiger partial charge on any atom is 0.115 e. The van der Waals surface area contributed by atoms with Crippen molar-refractivity contribution >= 4 is 0 Å². The molecule has 4 heteroatoms. The van der Waals surface area contributed by atoms with E-state index in [2.05, 4.69) is 29.8 Å². The van der Waals surface area contributed by atoms with Crippen molar-refractivity contribution in [3.05, 3.63) is 29.8 Å². The topological polar surface area (TPSA) is 52.7 Å². The monoisotopic (exact) mass is 263 g/mol. The fourth-order valence-electron chi connectivity index (χ4n) is 2.77. The minimum absolute atomic E-state index is 0.0327. The van der Waals surface area contributed by atoms with Gasteiger partial charge >= 0.3 is 0 Å². The van der Waals surface area contributed by atoms with Gasteiger partial charge in [0.2, 0.25) is 0 Å². The summed E-state index contributed by atoms with van der Waals surface area (Å²) in [5.74, 6) is 0.329. The summed E-state index contributed by atoms with van der Waals surface area (Å²) in [4.78, 5) is 4.83. The lowest BCUT2D eigenvalue weighted by Gasteiger charge is -2.45. The molecule has 106 valence electrons. The van der Waals surface area contributed by atoms with Crippen LogP contribution in [0.25, 0.3) is 0 Å². The molecule has 2 rings (SSSR count). The van der Waals surface area contributed by atoms with Crippen LogP contribution in [0.5, 0.6) is 5.75 Å². The van der Waals surface area contributed by atoms with Crippen LogP contribution in [0, 0.1) is 0 Å². The van der Waals surface area contributed by atoms with E-state index in [1.165, 1.54) is 0 Å². The van der Waals surface area contributed by atoms with Gasteiger partial charge in [-0.25, -0.2) is 0 Å². The molecule has 0 aliphatic carbocycles. The normalized spacial score (nSPS) is 21.2. The van der Waals surface area contributed by atoms with Gasteiger partial charge in [0.25, 0.3) is 0 Å². The number of likely N-dealkylation sites (N-methyl/N-ethyl adjacent to an activating group) is 1. The van der Waals surface area contributed by atoms with Gasteiger partial charge < -0.3 is 15.7 Å². The summed E-state index contributed by atoms with van der Waals surface area (Å²) in [6, 6.07) is 7.50. The third-order valence-electron chi connectivity index (χ3n) is 4.20. The third kappa shape index (κ3) is 3.47. The van der Waals surface area contributed by atoms with E-state index >= 15 is 0 Å². The Balaban J connectivity index is 2.09. The van der Waals surface area contributed by atoms with E-state index in [-0.39, 0.29) is 5.54 Å². The molecule has 1 heterocycles. The molecule has 1 fully saturated rings. The van der Waals surface area contributed by atoms with Crippen LogP contribution < -0.4 is 5.73 Å². The summed E-state index contributed by atoms with van der Waals surface area (Å²) in [6.07, 6.45) is 0.877. The van der Waals surface area contributed by atoms with Crippen LogP contribution in [0.1, 0.15) is 12.5 Å². The molecule has 0 aromatic heterocycles. The highest BCUT2D eigenvalue weighted by Gasteiger charge is 2.32. The van der Waals surface area contributed by atoms with Crippen molar-refractivity contribution in [3.8, 4) is 5.75 Å². The number of rotatable bonds is 4. The number of phenols is 1. The van der Waals surface area contributed by atoms with E-state index in [9.17, 15) is 5.11 Å². The average Bonchev–Trinajstić information content (AvgIpc) is 2.39. The number of hydrogen-bond donors (Lipinski definition) is 2. The molecule has 1 atom stereocenters. The second-order valence-electron chi connectivity index (χ2n) is 5.84. The zero-order valence-corrected chi connectivity index (χ0v) is 12.0. The standard InChI is InChI=1S/C15H25N3O/c1-15(12-16,18-8-6-17(2)7-9-18)11-13-4-3-5-14(19)10-13/h3-5,10,19H,6-9,11-12,16H2,1-2H3. The van der Waals surface area contributed by atoms with E-state index in [1.807, 2.05) is 12.1 Å². The number of nitrogens with zero attached hydrogens (tertiary/aromatic N) is 2. The Kier molecular flexibility index (Phi) is 4.45. The minimum Gasteiger partial charge on any atom is -0.508 e. The zero-order chi connectivity index (χ0) is 13.9. The summed E-state index contributed by atoms with van der Waals surface area (Å²) < 4.78 is 0. The summed E-state index contributed by atoms with van der Waals surface area (Å²) in [5.41, 5.74) is 7.15. The zero-order valence-electron chi connectivity index (χ0n) is 12.0. The van der Waals surface area contributed by atoms with Gasteiger partial charge in [-0.3, -0.25) is 4.90 Å². The molecule has 0 radical (unpaired) electrons. The summed E-state index contributed by atoms with van der Waals surface area (Å²) >= 11 is 0. The lowest BCUT2D eigenvalue weighted by molar-refractivity contribution is 0.0559. The fourth-order valence-corrected chi connectivity index (χ4v) is 2.77. The smallest absolute Gasteiger partial charge is 0.115 e. The van der Waals surface area contributed by atoms with Gasteiger partial charge in [0, 0.05) is 38.3 Å². The Morgan fingerprint density at radius 1 is 1.26 bits per heavy atom. The predicted molar refractivity (Wildman–Crippen MR) is 78.3 cm³/mol. The summed E-state index contributed by atoms with van der Waals surface area (Å²) in [5, 5.41) is 9.58. The molecular formula is C15H25N3O. The number of phenolic OH excluding ortho intramolecular Hbond substituents is 1. The predicted octanol–water partition coefficient (Wildman–Crippen LogP) is 0.900. The Morgan fingerprint density at radius 3 is 2.53 bits per heavy atom. The van der Waals surface area contributed by atoms with E-state index in [4.69, 9.17) is 5.73 Å². The quantitative estimate of drug-likeness (QED) is 0.847. The lowest BCUT2D eigenvalue weighted by Crippen LogP contribution is -2.59. The van der Waals surface area contributed by atoms with Gasteiger partial charge in [0.05, 0.1) is 0 Å². The van der Waals surface area contributed by atoms with Crippen LogP contribution in [-0.2, 0) is 6.42 Å². The minimum atomic E-state index is -0.0327. The number of aromatic hydroxyl groups is 1. The number of hydrogen-bond acceptors (Lipinski definition) is 4. The van der Waals surface area contributed by atoms with Gasteiger partial charge in [-0.15, -0.1) is 0 Å². The molecule has 3 N–H and O–H groups in total. The highest BCUT2D eigenvalue weighted by atomic mass is 16.3. The molecule has 1 aliphatic heterocycles. The third-order valence-corrected chi connectivity index (χ3v) is 4.20. The fraction of sp³-hybridized carbons (Fsp3) is 0.600. The maximum atomic E-state index is 9.58. The number of nitrogens with two attached hydrogens (primary N) is 1. The molecule has 0 bridgehead atoms. The second-order valence-corrected chi connectivity index (χ2v) is 5.84. The van der Waals surface area contributed by atoms with Crippen molar-refractivity contribution in [1.29, 1.82) is 0 Å². The van der Waals surface area contributed by atoms with Crippen molar-refractivity contribution in [2.75, 3.05) is 39.8 Å². The van der Waals surface area contributed by atoms with Crippen LogP contribution in [0.15, 0.2) is 24.3 Å². The first-order valence-corrected chi connectivity index (χ1v) is 6.95. The van der Waals surface area contributed by atoms with Crippen LogP contribution in [-0.4, -0.2) is 60.2 Å².